The maximum Gasteiger partial charge on any atom is 0.352 e. The van der Waals surface area contributed by atoms with Gasteiger partial charge >= 0.3 is 11.7 Å². The summed E-state index contributed by atoms with van der Waals surface area (Å²) in [6, 6.07) is 13.8. The zero-order valence-electron chi connectivity index (χ0n) is 20.1. The van der Waals surface area contributed by atoms with Crippen LogP contribution in [0, 0.1) is 12.8 Å². The van der Waals surface area contributed by atoms with Crippen molar-refractivity contribution in [3.8, 4) is 5.69 Å². The minimum atomic E-state index is -0.781. The second-order valence-corrected chi connectivity index (χ2v) is 9.12. The quantitative estimate of drug-likeness (QED) is 0.472. The van der Waals surface area contributed by atoms with Crippen LogP contribution >= 0.6 is 11.6 Å². The summed E-state index contributed by atoms with van der Waals surface area (Å²) in [7, 11) is 0. The molecule has 36 heavy (non-hydrogen) atoms. The van der Waals surface area contributed by atoms with Crippen molar-refractivity contribution >= 4 is 23.5 Å². The van der Waals surface area contributed by atoms with Gasteiger partial charge in [-0.15, -0.1) is 0 Å². The molecule has 0 saturated carbocycles. The number of hydrogen-bond acceptors (Lipinski definition) is 6. The average molecular weight is 511 g/mol. The van der Waals surface area contributed by atoms with E-state index in [4.69, 9.17) is 16.3 Å². The SMILES string of the molecule is CCOC(=O)[C@H]1CCCN(C(=O)c2nn(-c3ccc(Cl)cc3)c(=O)n(Cc3ccccc3C)c2=O)C1. The normalized spacial score (nSPS) is 15.5. The summed E-state index contributed by atoms with van der Waals surface area (Å²) in [4.78, 5) is 54.1. The fraction of sp³-hybridized carbons (Fsp3) is 0.346. The van der Waals surface area contributed by atoms with Crippen LogP contribution in [0.2, 0.25) is 5.02 Å². The lowest BCUT2D eigenvalue weighted by molar-refractivity contribution is -0.149. The molecule has 1 atom stereocenters. The van der Waals surface area contributed by atoms with E-state index in [9.17, 15) is 19.2 Å². The molecule has 0 N–H and O–H groups in total. The van der Waals surface area contributed by atoms with Crippen LogP contribution in [0.15, 0.2) is 58.1 Å². The lowest BCUT2D eigenvalue weighted by Crippen LogP contribution is -2.49. The zero-order chi connectivity index (χ0) is 25.8. The molecule has 2 aromatic carbocycles. The highest BCUT2D eigenvalue weighted by atomic mass is 35.5. The van der Waals surface area contributed by atoms with Gasteiger partial charge in [-0.05, 0) is 62.1 Å². The summed E-state index contributed by atoms with van der Waals surface area (Å²) in [6.07, 6.45) is 1.18. The standard InChI is InChI=1S/C26H27ClN4O5/c1-3-36-25(34)19-9-6-14-29(15-19)23(32)22-24(33)30(16-18-8-5-4-7-17(18)2)26(35)31(28-22)21-12-10-20(27)11-13-21/h4-5,7-8,10-13,19H,3,6,9,14-16H2,1-2H3/t19-/m0/s1. The monoisotopic (exact) mass is 510 g/mol. The van der Waals surface area contributed by atoms with E-state index in [1.807, 2.05) is 31.2 Å². The predicted molar refractivity (Wildman–Crippen MR) is 135 cm³/mol. The van der Waals surface area contributed by atoms with Crippen LogP contribution in [0.25, 0.3) is 5.69 Å². The van der Waals surface area contributed by atoms with Crippen molar-refractivity contribution in [2.24, 2.45) is 5.92 Å². The number of aromatic nitrogens is 3. The smallest absolute Gasteiger partial charge is 0.352 e. The minimum absolute atomic E-state index is 0.0216. The highest BCUT2D eigenvalue weighted by Gasteiger charge is 2.32. The Labute approximate surface area is 212 Å². The Morgan fingerprint density at radius 1 is 1.11 bits per heavy atom. The van der Waals surface area contributed by atoms with E-state index in [-0.39, 0.29) is 31.4 Å². The number of hydrogen-bond donors (Lipinski definition) is 0. The van der Waals surface area contributed by atoms with Gasteiger partial charge in [0.05, 0.1) is 24.8 Å². The Morgan fingerprint density at radius 2 is 1.83 bits per heavy atom. The molecule has 1 amide bonds. The maximum atomic E-state index is 13.5. The third-order valence-electron chi connectivity index (χ3n) is 6.25. The molecule has 9 nitrogen and oxygen atoms in total. The molecule has 0 spiro atoms. The van der Waals surface area contributed by atoms with Gasteiger partial charge in [-0.2, -0.15) is 9.78 Å². The minimum Gasteiger partial charge on any atom is -0.466 e. The number of ether oxygens (including phenoxy) is 1. The molecule has 1 fully saturated rings. The molecule has 4 rings (SSSR count). The van der Waals surface area contributed by atoms with Crippen LogP contribution in [-0.4, -0.2) is 50.8 Å². The van der Waals surface area contributed by atoms with Crippen molar-refractivity contribution in [3.63, 3.8) is 0 Å². The van der Waals surface area contributed by atoms with Crippen molar-refractivity contribution < 1.29 is 14.3 Å². The topological polar surface area (TPSA) is 104 Å². The summed E-state index contributed by atoms with van der Waals surface area (Å²) >= 11 is 6.00. The van der Waals surface area contributed by atoms with Gasteiger partial charge < -0.3 is 9.64 Å². The lowest BCUT2D eigenvalue weighted by Gasteiger charge is -2.31. The highest BCUT2D eigenvalue weighted by Crippen LogP contribution is 2.19. The summed E-state index contributed by atoms with van der Waals surface area (Å²) in [6.45, 7) is 4.33. The molecular formula is C26H27ClN4O5. The first kappa shape index (κ1) is 25.4. The Hall–Kier alpha value is -3.72. The van der Waals surface area contributed by atoms with E-state index < -0.39 is 23.1 Å². The fourth-order valence-corrected chi connectivity index (χ4v) is 4.39. The van der Waals surface area contributed by atoms with Crippen LogP contribution in [0.4, 0.5) is 0 Å². The molecule has 188 valence electrons. The molecule has 1 aliphatic rings. The number of aryl methyl sites for hydroxylation is 1. The van der Waals surface area contributed by atoms with Gasteiger partial charge in [0.25, 0.3) is 11.5 Å². The predicted octanol–water partition coefficient (Wildman–Crippen LogP) is 2.82. The first-order chi connectivity index (χ1) is 17.3. The summed E-state index contributed by atoms with van der Waals surface area (Å²) < 4.78 is 7.18. The third-order valence-corrected chi connectivity index (χ3v) is 6.50. The van der Waals surface area contributed by atoms with Gasteiger partial charge in [0.15, 0.2) is 0 Å². The highest BCUT2D eigenvalue weighted by molar-refractivity contribution is 6.30. The van der Waals surface area contributed by atoms with Crippen LogP contribution in [0.3, 0.4) is 0 Å². The van der Waals surface area contributed by atoms with Crippen LogP contribution in [-0.2, 0) is 16.1 Å². The first-order valence-corrected chi connectivity index (χ1v) is 12.2. The molecule has 2 heterocycles. The molecule has 1 aliphatic heterocycles. The summed E-state index contributed by atoms with van der Waals surface area (Å²) in [5.41, 5.74) is 0.189. The largest absolute Gasteiger partial charge is 0.466 e. The van der Waals surface area contributed by atoms with E-state index in [1.165, 1.54) is 4.90 Å². The molecule has 0 aliphatic carbocycles. The van der Waals surface area contributed by atoms with Crippen molar-refractivity contribution in [1.29, 1.82) is 0 Å². The number of amides is 1. The van der Waals surface area contributed by atoms with E-state index in [0.717, 1.165) is 20.4 Å². The number of halogens is 1. The molecule has 0 unspecified atom stereocenters. The molecule has 0 radical (unpaired) electrons. The van der Waals surface area contributed by atoms with Gasteiger partial charge in [0, 0.05) is 18.1 Å². The van der Waals surface area contributed by atoms with Crippen molar-refractivity contribution in [2.75, 3.05) is 19.7 Å². The number of piperidine rings is 1. The molecule has 1 aromatic heterocycles. The number of carbonyl (C=O) groups excluding carboxylic acids is 2. The van der Waals surface area contributed by atoms with Crippen LogP contribution in [0.1, 0.15) is 41.4 Å². The number of likely N-dealkylation sites (tertiary alicyclic amines) is 1. The Bertz CT molecular complexity index is 1400. The number of esters is 1. The van der Waals surface area contributed by atoms with Gasteiger partial charge in [-0.1, -0.05) is 35.9 Å². The second kappa shape index (κ2) is 10.9. The number of carbonyl (C=O) groups is 2. The third kappa shape index (κ3) is 5.26. The second-order valence-electron chi connectivity index (χ2n) is 8.68. The van der Waals surface area contributed by atoms with Gasteiger partial charge in [0.2, 0.25) is 5.69 Å². The van der Waals surface area contributed by atoms with E-state index in [0.29, 0.717) is 30.1 Å². The van der Waals surface area contributed by atoms with Gasteiger partial charge in [0.1, 0.15) is 0 Å². The number of benzene rings is 2. The molecule has 0 bridgehead atoms. The van der Waals surface area contributed by atoms with Gasteiger partial charge in [-0.3, -0.25) is 19.0 Å². The maximum absolute atomic E-state index is 13.5. The average Bonchev–Trinajstić information content (AvgIpc) is 2.88. The Morgan fingerprint density at radius 3 is 2.53 bits per heavy atom. The van der Waals surface area contributed by atoms with E-state index >= 15 is 0 Å². The van der Waals surface area contributed by atoms with Crippen LogP contribution in [0.5, 0.6) is 0 Å². The summed E-state index contributed by atoms with van der Waals surface area (Å²) in [5.74, 6) is -1.47. The number of nitrogens with zero attached hydrogens (tertiary/aromatic N) is 4. The van der Waals surface area contributed by atoms with E-state index in [2.05, 4.69) is 5.10 Å². The first-order valence-electron chi connectivity index (χ1n) is 11.8. The van der Waals surface area contributed by atoms with Crippen molar-refractivity contribution in [3.05, 3.63) is 91.2 Å². The van der Waals surface area contributed by atoms with Gasteiger partial charge in [-0.25, -0.2) is 4.79 Å². The molecule has 3 aromatic rings. The van der Waals surface area contributed by atoms with Crippen LogP contribution < -0.4 is 11.2 Å². The molecule has 10 heteroatoms. The van der Waals surface area contributed by atoms with E-state index in [1.54, 1.807) is 31.2 Å². The molecule has 1 saturated heterocycles. The van der Waals surface area contributed by atoms with Crippen molar-refractivity contribution in [2.45, 2.75) is 33.2 Å². The number of rotatable bonds is 6. The molecular weight excluding hydrogens is 484 g/mol. The Kier molecular flexibility index (Phi) is 7.69. The van der Waals surface area contributed by atoms with Crippen molar-refractivity contribution in [1.82, 2.24) is 19.2 Å². The Balaban J connectivity index is 1.79. The lowest BCUT2D eigenvalue weighted by atomic mass is 9.98. The fourth-order valence-electron chi connectivity index (χ4n) is 4.26. The zero-order valence-corrected chi connectivity index (χ0v) is 20.9. The summed E-state index contributed by atoms with van der Waals surface area (Å²) in [5, 5.41) is 4.67.